The Morgan fingerprint density at radius 2 is 1.58 bits per heavy atom. The van der Waals surface area contributed by atoms with Gasteiger partial charge in [0.2, 0.25) is 5.91 Å². The maximum absolute atomic E-state index is 13.3. The molecule has 0 spiro atoms. The average Bonchev–Trinajstić information content (AvgIpc) is 2.90. The van der Waals surface area contributed by atoms with Crippen LogP contribution in [0, 0.1) is 5.92 Å². The quantitative estimate of drug-likeness (QED) is 0.369. The first-order chi connectivity index (χ1) is 17.5. The van der Waals surface area contributed by atoms with Crippen LogP contribution in [0.1, 0.15) is 41.3 Å². The largest absolute Gasteiger partial charge is 0.371 e. The van der Waals surface area contributed by atoms with Gasteiger partial charge in [0.05, 0.1) is 5.56 Å². The second-order valence-electron chi connectivity index (χ2n) is 9.45. The molecule has 188 valence electrons. The van der Waals surface area contributed by atoms with Crippen LogP contribution in [-0.2, 0) is 17.6 Å². The zero-order chi connectivity index (χ0) is 25.3. The second-order valence-corrected chi connectivity index (χ2v) is 10.1. The fourth-order valence-corrected chi connectivity index (χ4v) is 4.75. The second kappa shape index (κ2) is 12.6. The summed E-state index contributed by atoms with van der Waals surface area (Å²) in [7, 11) is 0. The molecule has 1 saturated heterocycles. The number of halogens is 1. The third-order valence-corrected chi connectivity index (χ3v) is 6.93. The average molecular weight is 504 g/mol. The number of carbonyl (C=O) groups is 2. The summed E-state index contributed by atoms with van der Waals surface area (Å²) in [5.41, 5.74) is 4.61. The van der Waals surface area contributed by atoms with Gasteiger partial charge in [0, 0.05) is 31.0 Å². The minimum atomic E-state index is -0.656. The van der Waals surface area contributed by atoms with E-state index < -0.39 is 5.38 Å². The van der Waals surface area contributed by atoms with Gasteiger partial charge in [-0.1, -0.05) is 60.7 Å². The normalized spacial score (nSPS) is 14.8. The highest BCUT2D eigenvalue weighted by atomic mass is 35.5. The Labute approximate surface area is 218 Å². The number of amides is 2. The standard InChI is InChI=1S/C30H34ClN3O2/c1-22(31)29(35)33-26-12-13-28(27(21-26)30(36)32-17-14-23-8-4-2-5-9-23)34-18-15-25(16-19-34)20-24-10-6-3-7-11-24/h2-13,21-22,25H,14-20H2,1H3,(H,32,36)(H,33,35). The summed E-state index contributed by atoms with van der Waals surface area (Å²) in [5.74, 6) is 0.208. The smallest absolute Gasteiger partial charge is 0.253 e. The van der Waals surface area contributed by atoms with Crippen molar-refractivity contribution in [1.82, 2.24) is 5.32 Å². The number of piperidine rings is 1. The van der Waals surface area contributed by atoms with Crippen LogP contribution in [0.25, 0.3) is 0 Å². The lowest BCUT2D eigenvalue weighted by Gasteiger charge is -2.35. The minimum Gasteiger partial charge on any atom is -0.371 e. The lowest BCUT2D eigenvalue weighted by Crippen LogP contribution is -2.36. The number of nitrogens with zero attached hydrogens (tertiary/aromatic N) is 1. The molecule has 1 heterocycles. The first kappa shape index (κ1) is 25.8. The third kappa shape index (κ3) is 7.11. The zero-order valence-corrected chi connectivity index (χ0v) is 21.5. The molecule has 3 aromatic carbocycles. The summed E-state index contributed by atoms with van der Waals surface area (Å²) in [4.78, 5) is 27.7. The Bertz CT molecular complexity index is 1140. The number of alkyl halides is 1. The maximum atomic E-state index is 13.3. The number of rotatable bonds is 9. The molecular formula is C30H34ClN3O2. The van der Waals surface area contributed by atoms with Crippen LogP contribution >= 0.6 is 11.6 Å². The van der Waals surface area contributed by atoms with Crippen molar-refractivity contribution in [2.45, 2.75) is 38.0 Å². The van der Waals surface area contributed by atoms with Crippen molar-refractivity contribution >= 4 is 34.8 Å². The van der Waals surface area contributed by atoms with E-state index >= 15 is 0 Å². The molecule has 1 unspecified atom stereocenters. The van der Waals surface area contributed by atoms with Crippen molar-refractivity contribution in [3.05, 3.63) is 95.6 Å². The first-order valence-corrected chi connectivity index (χ1v) is 13.1. The van der Waals surface area contributed by atoms with E-state index in [1.165, 1.54) is 11.1 Å². The molecule has 0 aromatic heterocycles. The van der Waals surface area contributed by atoms with Gasteiger partial charge in [0.1, 0.15) is 5.38 Å². The predicted molar refractivity (Wildman–Crippen MR) is 148 cm³/mol. The van der Waals surface area contributed by atoms with Crippen LogP contribution < -0.4 is 15.5 Å². The topological polar surface area (TPSA) is 61.4 Å². The van der Waals surface area contributed by atoms with Gasteiger partial charge < -0.3 is 15.5 Å². The fraction of sp³-hybridized carbons (Fsp3) is 0.333. The van der Waals surface area contributed by atoms with Crippen molar-refractivity contribution in [2.75, 3.05) is 29.9 Å². The SMILES string of the molecule is CC(Cl)C(=O)Nc1ccc(N2CCC(Cc3ccccc3)CC2)c(C(=O)NCCc2ccccc2)c1. The van der Waals surface area contributed by atoms with Gasteiger partial charge in [-0.25, -0.2) is 0 Å². The highest BCUT2D eigenvalue weighted by Crippen LogP contribution is 2.30. The molecule has 2 N–H and O–H groups in total. The number of nitrogens with one attached hydrogen (secondary N) is 2. The molecule has 4 rings (SSSR count). The zero-order valence-electron chi connectivity index (χ0n) is 20.8. The molecule has 1 atom stereocenters. The molecule has 6 heteroatoms. The molecule has 0 aliphatic carbocycles. The number of anilines is 2. The highest BCUT2D eigenvalue weighted by Gasteiger charge is 2.24. The fourth-order valence-electron chi connectivity index (χ4n) is 4.70. The van der Waals surface area contributed by atoms with Crippen molar-refractivity contribution < 1.29 is 9.59 Å². The monoisotopic (exact) mass is 503 g/mol. The molecular weight excluding hydrogens is 470 g/mol. The highest BCUT2D eigenvalue weighted by molar-refractivity contribution is 6.32. The minimum absolute atomic E-state index is 0.137. The molecule has 1 aliphatic heterocycles. The summed E-state index contributed by atoms with van der Waals surface area (Å²) >= 11 is 5.93. The Balaban J connectivity index is 1.45. The molecule has 2 amide bonds. The molecule has 1 fully saturated rings. The van der Waals surface area contributed by atoms with Crippen LogP contribution in [0.15, 0.2) is 78.9 Å². The summed E-state index contributed by atoms with van der Waals surface area (Å²) in [6.07, 6.45) is 3.99. The third-order valence-electron chi connectivity index (χ3n) is 6.73. The van der Waals surface area contributed by atoms with Crippen LogP contribution in [0.3, 0.4) is 0 Å². The van der Waals surface area contributed by atoms with E-state index in [1.807, 2.05) is 30.3 Å². The van der Waals surface area contributed by atoms with Crippen LogP contribution in [0.4, 0.5) is 11.4 Å². The number of benzene rings is 3. The molecule has 0 saturated carbocycles. The lowest BCUT2D eigenvalue weighted by atomic mass is 9.89. The van der Waals surface area contributed by atoms with Crippen LogP contribution in [0.5, 0.6) is 0 Å². The van der Waals surface area contributed by atoms with Gasteiger partial charge in [-0.15, -0.1) is 11.6 Å². The Hall–Kier alpha value is -3.31. The first-order valence-electron chi connectivity index (χ1n) is 12.7. The Morgan fingerprint density at radius 1 is 0.944 bits per heavy atom. The molecule has 1 aliphatic rings. The van der Waals surface area contributed by atoms with E-state index in [0.29, 0.717) is 23.7 Å². The van der Waals surface area contributed by atoms with E-state index in [0.717, 1.165) is 44.5 Å². The molecule has 5 nitrogen and oxygen atoms in total. The van der Waals surface area contributed by atoms with Crippen molar-refractivity contribution in [3.8, 4) is 0 Å². The van der Waals surface area contributed by atoms with E-state index in [2.05, 4.69) is 58.0 Å². The van der Waals surface area contributed by atoms with Gasteiger partial charge >= 0.3 is 0 Å². The molecule has 3 aromatic rings. The molecule has 36 heavy (non-hydrogen) atoms. The van der Waals surface area contributed by atoms with Gasteiger partial charge in [0.15, 0.2) is 0 Å². The van der Waals surface area contributed by atoms with Crippen molar-refractivity contribution in [1.29, 1.82) is 0 Å². The lowest BCUT2D eigenvalue weighted by molar-refractivity contribution is -0.115. The summed E-state index contributed by atoms with van der Waals surface area (Å²) in [6.45, 7) is 3.96. The van der Waals surface area contributed by atoms with E-state index in [9.17, 15) is 9.59 Å². The number of hydrogen-bond acceptors (Lipinski definition) is 3. The Morgan fingerprint density at radius 3 is 2.22 bits per heavy atom. The van der Waals surface area contributed by atoms with Gasteiger partial charge in [0.25, 0.3) is 5.91 Å². The van der Waals surface area contributed by atoms with E-state index in [4.69, 9.17) is 11.6 Å². The van der Waals surface area contributed by atoms with E-state index in [1.54, 1.807) is 13.0 Å². The van der Waals surface area contributed by atoms with Crippen molar-refractivity contribution in [2.24, 2.45) is 5.92 Å². The Kier molecular flexibility index (Phi) is 9.01. The van der Waals surface area contributed by atoms with Gasteiger partial charge in [-0.05, 0) is 67.9 Å². The summed E-state index contributed by atoms with van der Waals surface area (Å²) in [6, 6.07) is 26.3. The summed E-state index contributed by atoms with van der Waals surface area (Å²) < 4.78 is 0. The summed E-state index contributed by atoms with van der Waals surface area (Å²) in [5, 5.41) is 5.22. The van der Waals surface area contributed by atoms with Crippen LogP contribution in [-0.4, -0.2) is 36.8 Å². The molecule has 0 radical (unpaired) electrons. The maximum Gasteiger partial charge on any atom is 0.253 e. The van der Waals surface area contributed by atoms with Crippen molar-refractivity contribution in [3.63, 3.8) is 0 Å². The van der Waals surface area contributed by atoms with E-state index in [-0.39, 0.29) is 11.8 Å². The van der Waals surface area contributed by atoms with Crippen LogP contribution in [0.2, 0.25) is 0 Å². The number of carbonyl (C=O) groups excluding carboxylic acids is 2. The number of hydrogen-bond donors (Lipinski definition) is 2. The predicted octanol–water partition coefficient (Wildman–Crippen LogP) is 5.68. The van der Waals surface area contributed by atoms with Gasteiger partial charge in [-0.3, -0.25) is 9.59 Å². The van der Waals surface area contributed by atoms with Gasteiger partial charge in [-0.2, -0.15) is 0 Å². The molecule has 0 bridgehead atoms.